The second kappa shape index (κ2) is 13.3. The van der Waals surface area contributed by atoms with Gasteiger partial charge in [0.25, 0.3) is 10.0 Å². The average Bonchev–Trinajstić information content (AvgIpc) is 2.86. The standard InChI is InChI=1S/C31H37Cl2N3O4S/c1-7-28(30(38)34-31(4,5)6)35(19-23-12-8-21(2)9-13-23)29(37)20-36(26-17-24(32)16-25(33)18-26)41(39,40)27-14-10-22(3)11-15-27/h8-18,28H,7,19-20H2,1-6H3,(H,34,38)/t28-/m1/s1. The van der Waals surface area contributed by atoms with Crippen LogP contribution >= 0.6 is 23.2 Å². The fraction of sp³-hybridized carbons (Fsp3) is 0.355. The molecule has 0 heterocycles. The molecule has 0 bridgehead atoms. The molecule has 10 heteroatoms. The Labute approximate surface area is 253 Å². The number of nitrogens with one attached hydrogen (secondary N) is 1. The molecule has 41 heavy (non-hydrogen) atoms. The molecular weight excluding hydrogens is 581 g/mol. The summed E-state index contributed by atoms with van der Waals surface area (Å²) in [6.45, 7) is 10.8. The molecule has 0 aromatic heterocycles. The molecule has 0 spiro atoms. The molecule has 0 saturated carbocycles. The van der Waals surface area contributed by atoms with Crippen LogP contribution in [0.2, 0.25) is 10.0 Å². The quantitative estimate of drug-likeness (QED) is 0.280. The minimum atomic E-state index is -4.22. The number of rotatable bonds is 10. The molecular formula is C31H37Cl2N3O4S. The van der Waals surface area contributed by atoms with Crippen molar-refractivity contribution in [3.8, 4) is 0 Å². The van der Waals surface area contributed by atoms with Crippen LogP contribution in [0.15, 0.2) is 71.6 Å². The van der Waals surface area contributed by atoms with Gasteiger partial charge in [-0.1, -0.05) is 77.7 Å². The molecule has 0 aliphatic rings. The number of amides is 2. The van der Waals surface area contributed by atoms with Gasteiger partial charge in [0.05, 0.1) is 10.6 Å². The third-order valence-electron chi connectivity index (χ3n) is 6.38. The summed E-state index contributed by atoms with van der Waals surface area (Å²) in [5.74, 6) is -0.868. The van der Waals surface area contributed by atoms with Crippen LogP contribution in [0.25, 0.3) is 0 Å². The molecule has 1 N–H and O–H groups in total. The van der Waals surface area contributed by atoms with Gasteiger partial charge in [-0.05, 0) is 76.9 Å². The second-order valence-corrected chi connectivity index (χ2v) is 13.9. The number of carbonyl (C=O) groups is 2. The van der Waals surface area contributed by atoms with Crippen molar-refractivity contribution in [2.75, 3.05) is 10.8 Å². The van der Waals surface area contributed by atoms with E-state index >= 15 is 0 Å². The van der Waals surface area contributed by atoms with Crippen molar-refractivity contribution in [1.82, 2.24) is 10.2 Å². The van der Waals surface area contributed by atoms with Crippen LogP contribution in [0, 0.1) is 13.8 Å². The highest BCUT2D eigenvalue weighted by molar-refractivity contribution is 7.92. The predicted molar refractivity (Wildman–Crippen MR) is 166 cm³/mol. The molecule has 0 saturated heterocycles. The Morgan fingerprint density at radius 3 is 1.88 bits per heavy atom. The molecule has 7 nitrogen and oxygen atoms in total. The van der Waals surface area contributed by atoms with Crippen LogP contribution in [-0.4, -0.2) is 43.3 Å². The smallest absolute Gasteiger partial charge is 0.264 e. The first-order chi connectivity index (χ1) is 19.1. The fourth-order valence-electron chi connectivity index (χ4n) is 4.31. The Balaban J connectivity index is 2.10. The van der Waals surface area contributed by atoms with E-state index < -0.39 is 34.1 Å². The first kappa shape index (κ1) is 32.4. The topological polar surface area (TPSA) is 86.8 Å². The van der Waals surface area contributed by atoms with Crippen molar-refractivity contribution in [3.63, 3.8) is 0 Å². The third kappa shape index (κ3) is 8.71. The normalized spacial score (nSPS) is 12.5. The summed E-state index contributed by atoms with van der Waals surface area (Å²) in [4.78, 5) is 29.0. The van der Waals surface area contributed by atoms with Gasteiger partial charge in [-0.3, -0.25) is 13.9 Å². The molecule has 0 aliphatic heterocycles. The van der Waals surface area contributed by atoms with E-state index in [0.29, 0.717) is 6.42 Å². The maximum absolute atomic E-state index is 14.1. The summed E-state index contributed by atoms with van der Waals surface area (Å²) >= 11 is 12.5. The van der Waals surface area contributed by atoms with Crippen molar-refractivity contribution in [2.45, 2.75) is 71.0 Å². The Hall–Kier alpha value is -3.07. The fourth-order valence-corrected chi connectivity index (χ4v) is 6.22. The van der Waals surface area contributed by atoms with Crippen LogP contribution in [0.4, 0.5) is 5.69 Å². The number of nitrogens with zero attached hydrogens (tertiary/aromatic N) is 2. The van der Waals surface area contributed by atoms with Gasteiger partial charge >= 0.3 is 0 Å². The van der Waals surface area contributed by atoms with E-state index in [4.69, 9.17) is 23.2 Å². The Morgan fingerprint density at radius 1 is 0.878 bits per heavy atom. The largest absolute Gasteiger partial charge is 0.350 e. The van der Waals surface area contributed by atoms with E-state index in [1.54, 1.807) is 12.1 Å². The molecule has 0 fully saturated rings. The Morgan fingerprint density at radius 2 is 1.39 bits per heavy atom. The van der Waals surface area contributed by atoms with E-state index in [1.807, 2.05) is 65.8 Å². The first-order valence-electron chi connectivity index (χ1n) is 13.3. The lowest BCUT2D eigenvalue weighted by Gasteiger charge is -2.35. The van der Waals surface area contributed by atoms with Crippen LogP contribution in [0.5, 0.6) is 0 Å². The summed E-state index contributed by atoms with van der Waals surface area (Å²) in [6.07, 6.45) is 0.327. The number of hydrogen-bond donors (Lipinski definition) is 1. The lowest BCUT2D eigenvalue weighted by molar-refractivity contribution is -0.141. The molecule has 3 aromatic rings. The highest BCUT2D eigenvalue weighted by Crippen LogP contribution is 2.30. The van der Waals surface area contributed by atoms with Crippen molar-refractivity contribution in [1.29, 1.82) is 0 Å². The maximum Gasteiger partial charge on any atom is 0.264 e. The summed E-state index contributed by atoms with van der Waals surface area (Å²) in [5, 5.41) is 3.40. The van der Waals surface area contributed by atoms with Crippen LogP contribution < -0.4 is 9.62 Å². The van der Waals surface area contributed by atoms with Gasteiger partial charge < -0.3 is 10.2 Å². The predicted octanol–water partition coefficient (Wildman–Crippen LogP) is 6.53. The molecule has 0 unspecified atom stereocenters. The van der Waals surface area contributed by atoms with Crippen molar-refractivity contribution in [3.05, 3.63) is 93.5 Å². The lowest BCUT2D eigenvalue weighted by Crippen LogP contribution is -2.55. The van der Waals surface area contributed by atoms with Gasteiger partial charge in [0.2, 0.25) is 11.8 Å². The highest BCUT2D eigenvalue weighted by Gasteiger charge is 2.34. The van der Waals surface area contributed by atoms with E-state index in [9.17, 15) is 18.0 Å². The number of aryl methyl sites for hydroxylation is 2. The van der Waals surface area contributed by atoms with Gasteiger partial charge in [-0.15, -0.1) is 0 Å². The zero-order valence-electron chi connectivity index (χ0n) is 24.2. The van der Waals surface area contributed by atoms with Crippen LogP contribution in [0.3, 0.4) is 0 Å². The van der Waals surface area contributed by atoms with Gasteiger partial charge in [0.15, 0.2) is 0 Å². The first-order valence-corrected chi connectivity index (χ1v) is 15.5. The van der Waals surface area contributed by atoms with Crippen LogP contribution in [0.1, 0.15) is 50.8 Å². The summed E-state index contributed by atoms with van der Waals surface area (Å²) < 4.78 is 28.9. The molecule has 2 amide bonds. The molecule has 0 aliphatic carbocycles. The molecule has 220 valence electrons. The summed E-state index contributed by atoms with van der Waals surface area (Å²) in [5.41, 5.74) is 2.36. The van der Waals surface area contributed by atoms with E-state index in [-0.39, 0.29) is 33.1 Å². The van der Waals surface area contributed by atoms with Crippen LogP contribution in [-0.2, 0) is 26.2 Å². The van der Waals surface area contributed by atoms with Crippen molar-refractivity contribution >= 4 is 50.7 Å². The van der Waals surface area contributed by atoms with E-state index in [0.717, 1.165) is 21.0 Å². The number of benzene rings is 3. The molecule has 3 rings (SSSR count). The monoisotopic (exact) mass is 617 g/mol. The highest BCUT2D eigenvalue weighted by atomic mass is 35.5. The summed E-state index contributed by atoms with van der Waals surface area (Å²) in [6, 6.07) is 17.5. The van der Waals surface area contributed by atoms with E-state index in [2.05, 4.69) is 5.32 Å². The van der Waals surface area contributed by atoms with Gasteiger partial charge in [-0.25, -0.2) is 8.42 Å². The molecule has 0 radical (unpaired) electrons. The van der Waals surface area contributed by atoms with Gasteiger partial charge in [0, 0.05) is 22.1 Å². The minimum absolute atomic E-state index is 0.00889. The minimum Gasteiger partial charge on any atom is -0.350 e. The number of halogens is 2. The summed E-state index contributed by atoms with van der Waals surface area (Å²) in [7, 11) is -4.22. The van der Waals surface area contributed by atoms with E-state index in [1.165, 1.54) is 35.2 Å². The third-order valence-corrected chi connectivity index (χ3v) is 8.61. The van der Waals surface area contributed by atoms with Crippen molar-refractivity contribution in [2.24, 2.45) is 0 Å². The number of carbonyl (C=O) groups excluding carboxylic acids is 2. The maximum atomic E-state index is 14.1. The zero-order chi connectivity index (χ0) is 30.5. The molecule has 3 aromatic carbocycles. The number of sulfonamides is 1. The Bertz CT molecular complexity index is 1460. The molecule has 1 atom stereocenters. The Kier molecular flexibility index (Phi) is 10.5. The average molecular weight is 619 g/mol. The lowest BCUT2D eigenvalue weighted by atomic mass is 10.1. The second-order valence-electron chi connectivity index (χ2n) is 11.1. The van der Waals surface area contributed by atoms with Crippen molar-refractivity contribution < 1.29 is 18.0 Å². The SMILES string of the molecule is CC[C@H](C(=O)NC(C)(C)C)N(Cc1ccc(C)cc1)C(=O)CN(c1cc(Cl)cc(Cl)c1)S(=O)(=O)c1ccc(C)cc1. The number of hydrogen-bond acceptors (Lipinski definition) is 4. The van der Waals surface area contributed by atoms with Gasteiger partial charge in [-0.2, -0.15) is 0 Å². The zero-order valence-corrected chi connectivity index (χ0v) is 26.6. The number of anilines is 1. The van der Waals surface area contributed by atoms with Gasteiger partial charge in [0.1, 0.15) is 12.6 Å².